The summed E-state index contributed by atoms with van der Waals surface area (Å²) in [6.07, 6.45) is 0. The maximum Gasteiger partial charge on any atom is 0.166 e. The van der Waals surface area contributed by atoms with Gasteiger partial charge in [0.2, 0.25) is 0 Å². The van der Waals surface area contributed by atoms with Crippen LogP contribution in [0.15, 0.2) is 42.5 Å². The Morgan fingerprint density at radius 3 is 2.60 bits per heavy atom. The summed E-state index contributed by atoms with van der Waals surface area (Å²) >= 11 is 0. The van der Waals surface area contributed by atoms with Gasteiger partial charge in [0.1, 0.15) is 12.4 Å². The second-order valence-electron chi connectivity index (χ2n) is 4.30. The minimum atomic E-state index is -0.275. The van der Waals surface area contributed by atoms with Crippen molar-refractivity contribution in [3.63, 3.8) is 0 Å². The first-order chi connectivity index (χ1) is 9.74. The van der Waals surface area contributed by atoms with E-state index in [1.54, 1.807) is 6.07 Å². The van der Waals surface area contributed by atoms with Crippen LogP contribution in [-0.4, -0.2) is 6.61 Å². The first-order valence-electron chi connectivity index (χ1n) is 6.56. The lowest BCUT2D eigenvalue weighted by Gasteiger charge is -2.15. The van der Waals surface area contributed by atoms with E-state index in [0.717, 1.165) is 11.1 Å². The van der Waals surface area contributed by atoms with E-state index >= 15 is 0 Å². The van der Waals surface area contributed by atoms with Crippen LogP contribution in [0.4, 0.5) is 4.39 Å². The zero-order chi connectivity index (χ0) is 14.4. The zero-order valence-corrected chi connectivity index (χ0v) is 11.4. The Hall–Kier alpha value is -2.07. The minimum Gasteiger partial charge on any atom is -0.490 e. The second-order valence-corrected chi connectivity index (χ2v) is 4.30. The minimum absolute atomic E-state index is 0.273. The molecule has 0 amide bonds. The van der Waals surface area contributed by atoms with Crippen LogP contribution in [0, 0.1) is 5.82 Å². The van der Waals surface area contributed by atoms with Gasteiger partial charge in [0.15, 0.2) is 11.5 Å². The molecule has 0 fully saturated rings. The van der Waals surface area contributed by atoms with Crippen molar-refractivity contribution in [2.75, 3.05) is 6.61 Å². The molecule has 0 spiro atoms. The monoisotopic (exact) mass is 275 g/mol. The normalized spacial score (nSPS) is 10.3. The van der Waals surface area contributed by atoms with E-state index in [2.05, 4.69) is 0 Å². The summed E-state index contributed by atoms with van der Waals surface area (Å²) in [5, 5.41) is 0. The number of hydrogen-bond donors (Lipinski definition) is 1. The topological polar surface area (TPSA) is 44.5 Å². The maximum absolute atomic E-state index is 13.1. The number of rotatable bonds is 6. The number of halogens is 1. The molecule has 0 aliphatic heterocycles. The Bertz CT molecular complexity index is 572. The van der Waals surface area contributed by atoms with Crippen LogP contribution in [0.2, 0.25) is 0 Å². The van der Waals surface area contributed by atoms with Gasteiger partial charge in [-0.3, -0.25) is 0 Å². The van der Waals surface area contributed by atoms with Gasteiger partial charge < -0.3 is 15.2 Å². The molecule has 0 unspecified atom stereocenters. The molecule has 4 heteroatoms. The molecule has 0 radical (unpaired) electrons. The fraction of sp³-hybridized carbons (Fsp3) is 0.250. The van der Waals surface area contributed by atoms with E-state index in [0.29, 0.717) is 24.7 Å². The van der Waals surface area contributed by atoms with Gasteiger partial charge in [0.25, 0.3) is 0 Å². The van der Waals surface area contributed by atoms with Crippen LogP contribution in [0.5, 0.6) is 11.5 Å². The third kappa shape index (κ3) is 3.48. The lowest BCUT2D eigenvalue weighted by atomic mass is 10.2. The molecular weight excluding hydrogens is 257 g/mol. The number of para-hydroxylation sites is 1. The van der Waals surface area contributed by atoms with Crippen LogP contribution < -0.4 is 15.2 Å². The van der Waals surface area contributed by atoms with Gasteiger partial charge in [0.05, 0.1) is 6.61 Å². The van der Waals surface area contributed by atoms with E-state index < -0.39 is 0 Å². The summed E-state index contributed by atoms with van der Waals surface area (Å²) in [5.41, 5.74) is 7.34. The highest BCUT2D eigenvalue weighted by molar-refractivity contribution is 5.46. The standard InChI is InChI=1S/C16H18FNO2/c1-2-19-15-8-4-6-13(10-18)16(15)20-11-12-5-3-7-14(17)9-12/h3-9H,2,10-11,18H2,1H3. The van der Waals surface area contributed by atoms with Crippen molar-refractivity contribution in [3.8, 4) is 11.5 Å². The maximum atomic E-state index is 13.1. The van der Waals surface area contributed by atoms with Crippen molar-refractivity contribution in [1.29, 1.82) is 0 Å². The SMILES string of the molecule is CCOc1cccc(CN)c1OCc1cccc(F)c1. The highest BCUT2D eigenvalue weighted by Gasteiger charge is 2.10. The van der Waals surface area contributed by atoms with Crippen molar-refractivity contribution in [2.45, 2.75) is 20.1 Å². The molecule has 2 N–H and O–H groups in total. The van der Waals surface area contributed by atoms with E-state index in [9.17, 15) is 4.39 Å². The van der Waals surface area contributed by atoms with E-state index in [1.165, 1.54) is 12.1 Å². The summed E-state index contributed by atoms with van der Waals surface area (Å²) in [7, 11) is 0. The fourth-order valence-corrected chi connectivity index (χ4v) is 1.94. The summed E-state index contributed by atoms with van der Waals surface area (Å²) < 4.78 is 24.5. The van der Waals surface area contributed by atoms with Gasteiger partial charge in [0, 0.05) is 12.1 Å². The number of nitrogens with two attached hydrogens (primary N) is 1. The number of benzene rings is 2. The molecule has 0 saturated heterocycles. The molecule has 0 saturated carbocycles. The molecule has 0 heterocycles. The fourth-order valence-electron chi connectivity index (χ4n) is 1.94. The summed E-state index contributed by atoms with van der Waals surface area (Å²) in [4.78, 5) is 0. The average Bonchev–Trinajstić information content (AvgIpc) is 2.46. The predicted octanol–water partition coefficient (Wildman–Crippen LogP) is 3.26. The molecule has 2 aromatic carbocycles. The highest BCUT2D eigenvalue weighted by atomic mass is 19.1. The molecule has 0 bridgehead atoms. The van der Waals surface area contributed by atoms with Crippen molar-refractivity contribution >= 4 is 0 Å². The molecular formula is C16H18FNO2. The molecule has 3 nitrogen and oxygen atoms in total. The molecule has 106 valence electrons. The van der Waals surface area contributed by atoms with Crippen molar-refractivity contribution < 1.29 is 13.9 Å². The Morgan fingerprint density at radius 1 is 1.10 bits per heavy atom. The molecule has 0 aliphatic carbocycles. The lowest BCUT2D eigenvalue weighted by molar-refractivity contribution is 0.266. The number of ether oxygens (including phenoxy) is 2. The van der Waals surface area contributed by atoms with Gasteiger partial charge in [-0.25, -0.2) is 4.39 Å². The third-order valence-corrected chi connectivity index (χ3v) is 2.85. The van der Waals surface area contributed by atoms with E-state index in [4.69, 9.17) is 15.2 Å². The Morgan fingerprint density at radius 2 is 1.90 bits per heavy atom. The average molecular weight is 275 g/mol. The van der Waals surface area contributed by atoms with Crippen molar-refractivity contribution in [1.82, 2.24) is 0 Å². The third-order valence-electron chi connectivity index (χ3n) is 2.85. The van der Waals surface area contributed by atoms with E-state index in [-0.39, 0.29) is 12.4 Å². The smallest absolute Gasteiger partial charge is 0.166 e. The van der Waals surface area contributed by atoms with Gasteiger partial charge in [-0.1, -0.05) is 24.3 Å². The van der Waals surface area contributed by atoms with Crippen LogP contribution in [-0.2, 0) is 13.2 Å². The van der Waals surface area contributed by atoms with Crippen LogP contribution >= 0.6 is 0 Å². The van der Waals surface area contributed by atoms with Crippen LogP contribution in [0.25, 0.3) is 0 Å². The first kappa shape index (κ1) is 14.3. The lowest BCUT2D eigenvalue weighted by Crippen LogP contribution is -2.05. The summed E-state index contributed by atoms with van der Waals surface area (Å²) in [5.74, 6) is 1.01. The Balaban J connectivity index is 2.19. The largest absolute Gasteiger partial charge is 0.490 e. The molecule has 2 aromatic rings. The predicted molar refractivity (Wildman–Crippen MR) is 76.2 cm³/mol. The van der Waals surface area contributed by atoms with Crippen molar-refractivity contribution in [3.05, 3.63) is 59.4 Å². The Labute approximate surface area is 118 Å². The summed E-state index contributed by atoms with van der Waals surface area (Å²) in [6.45, 7) is 3.09. The molecule has 0 aliphatic rings. The van der Waals surface area contributed by atoms with Crippen molar-refractivity contribution in [2.24, 2.45) is 5.73 Å². The Kier molecular flexibility index (Phi) is 4.96. The van der Waals surface area contributed by atoms with Crippen LogP contribution in [0.1, 0.15) is 18.1 Å². The first-order valence-corrected chi connectivity index (χ1v) is 6.56. The molecule has 20 heavy (non-hydrogen) atoms. The molecule has 0 atom stereocenters. The summed E-state index contributed by atoms with van der Waals surface area (Å²) in [6, 6.07) is 11.9. The molecule has 2 rings (SSSR count). The van der Waals surface area contributed by atoms with E-state index in [1.807, 2.05) is 31.2 Å². The number of hydrogen-bond acceptors (Lipinski definition) is 3. The highest BCUT2D eigenvalue weighted by Crippen LogP contribution is 2.31. The quantitative estimate of drug-likeness (QED) is 0.880. The van der Waals surface area contributed by atoms with Gasteiger partial charge in [-0.2, -0.15) is 0 Å². The van der Waals surface area contributed by atoms with Gasteiger partial charge in [-0.15, -0.1) is 0 Å². The second kappa shape index (κ2) is 6.91. The van der Waals surface area contributed by atoms with Gasteiger partial charge >= 0.3 is 0 Å². The van der Waals surface area contributed by atoms with Crippen LogP contribution in [0.3, 0.4) is 0 Å². The zero-order valence-electron chi connectivity index (χ0n) is 11.4. The van der Waals surface area contributed by atoms with Gasteiger partial charge in [-0.05, 0) is 30.7 Å². The molecule has 0 aromatic heterocycles.